The Morgan fingerprint density at radius 3 is 2.74 bits per heavy atom. The average molecular weight is 276 g/mol. The lowest BCUT2D eigenvalue weighted by molar-refractivity contribution is 0.616. The van der Waals surface area contributed by atoms with Gasteiger partial charge in [-0.3, -0.25) is 0 Å². The molecule has 2 nitrogen and oxygen atoms in total. The second kappa shape index (κ2) is 4.68. The van der Waals surface area contributed by atoms with Gasteiger partial charge < -0.3 is 10.2 Å². The van der Waals surface area contributed by atoms with Gasteiger partial charge in [-0.2, -0.15) is 0 Å². The van der Waals surface area contributed by atoms with Gasteiger partial charge in [0.2, 0.25) is 0 Å². The summed E-state index contributed by atoms with van der Waals surface area (Å²) in [6.45, 7) is 0.320. The highest BCUT2D eigenvalue weighted by Crippen LogP contribution is 2.33. The summed E-state index contributed by atoms with van der Waals surface area (Å²) < 4.78 is 19.1. The van der Waals surface area contributed by atoms with Crippen LogP contribution in [0.25, 0.3) is 22.3 Å². The van der Waals surface area contributed by atoms with E-state index in [2.05, 4.69) is 0 Å². The fourth-order valence-electron chi connectivity index (χ4n) is 2.12. The molecule has 2 aromatic carbocycles. The number of halogens is 2. The fourth-order valence-corrected chi connectivity index (χ4v) is 2.34. The van der Waals surface area contributed by atoms with Crippen molar-refractivity contribution in [1.29, 1.82) is 0 Å². The van der Waals surface area contributed by atoms with Crippen LogP contribution in [-0.2, 0) is 6.54 Å². The highest BCUT2D eigenvalue weighted by Gasteiger charge is 2.12. The van der Waals surface area contributed by atoms with Crippen molar-refractivity contribution in [3.05, 3.63) is 58.9 Å². The number of furan rings is 1. The van der Waals surface area contributed by atoms with E-state index in [1.807, 2.05) is 18.2 Å². The summed E-state index contributed by atoms with van der Waals surface area (Å²) in [4.78, 5) is 0. The molecule has 0 saturated carbocycles. The first kappa shape index (κ1) is 12.2. The van der Waals surface area contributed by atoms with Crippen LogP contribution in [0.15, 0.2) is 46.9 Å². The molecule has 0 spiro atoms. The predicted molar refractivity (Wildman–Crippen MR) is 74.5 cm³/mol. The molecule has 1 heterocycles. The molecule has 96 valence electrons. The van der Waals surface area contributed by atoms with Crippen LogP contribution >= 0.6 is 11.6 Å². The minimum Gasteiger partial charge on any atom is -0.455 e. The highest BCUT2D eigenvalue weighted by molar-refractivity contribution is 6.34. The molecule has 0 bridgehead atoms. The molecule has 0 atom stereocenters. The molecule has 0 amide bonds. The molecule has 0 fully saturated rings. The van der Waals surface area contributed by atoms with Crippen LogP contribution in [0.2, 0.25) is 5.02 Å². The zero-order valence-corrected chi connectivity index (χ0v) is 10.7. The fraction of sp³-hybridized carbons (Fsp3) is 0.0667. The molecule has 0 radical (unpaired) electrons. The van der Waals surface area contributed by atoms with Gasteiger partial charge in [0, 0.05) is 17.5 Å². The number of hydrogen-bond acceptors (Lipinski definition) is 2. The number of benzene rings is 2. The minimum atomic E-state index is -0.321. The molecule has 3 rings (SSSR count). The molecule has 4 heteroatoms. The van der Waals surface area contributed by atoms with Crippen LogP contribution < -0.4 is 5.73 Å². The van der Waals surface area contributed by atoms with E-state index >= 15 is 0 Å². The molecule has 3 aromatic rings. The van der Waals surface area contributed by atoms with E-state index < -0.39 is 0 Å². The third-order valence-electron chi connectivity index (χ3n) is 3.05. The van der Waals surface area contributed by atoms with Crippen LogP contribution in [0.3, 0.4) is 0 Å². The van der Waals surface area contributed by atoms with Gasteiger partial charge in [0.05, 0.1) is 5.02 Å². The zero-order valence-electron chi connectivity index (χ0n) is 9.99. The summed E-state index contributed by atoms with van der Waals surface area (Å²) in [7, 11) is 0. The third-order valence-corrected chi connectivity index (χ3v) is 3.35. The summed E-state index contributed by atoms with van der Waals surface area (Å²) in [5.74, 6) is 0.252. The Hall–Kier alpha value is -1.84. The number of nitrogens with two attached hydrogens (primary N) is 1. The summed E-state index contributed by atoms with van der Waals surface area (Å²) in [6, 6.07) is 11.8. The molecular formula is C15H11ClFNO. The Labute approximate surface area is 114 Å². The van der Waals surface area contributed by atoms with E-state index in [0.717, 1.165) is 10.9 Å². The van der Waals surface area contributed by atoms with Crippen molar-refractivity contribution in [2.45, 2.75) is 6.54 Å². The molecule has 0 saturated heterocycles. The van der Waals surface area contributed by atoms with E-state index in [1.165, 1.54) is 12.1 Å². The third kappa shape index (κ3) is 2.11. The molecule has 1 aromatic heterocycles. The number of para-hydroxylation sites is 1. The Morgan fingerprint density at radius 2 is 2.00 bits per heavy atom. The van der Waals surface area contributed by atoms with Crippen LogP contribution in [-0.4, -0.2) is 0 Å². The first-order chi connectivity index (χ1) is 9.19. The van der Waals surface area contributed by atoms with Crippen molar-refractivity contribution in [1.82, 2.24) is 0 Å². The Morgan fingerprint density at radius 1 is 1.16 bits per heavy atom. The van der Waals surface area contributed by atoms with Gasteiger partial charge in [0.15, 0.2) is 5.58 Å². The van der Waals surface area contributed by atoms with Crippen LogP contribution in [0.4, 0.5) is 4.39 Å². The summed E-state index contributed by atoms with van der Waals surface area (Å²) in [5.41, 5.74) is 7.77. The molecule has 19 heavy (non-hydrogen) atoms. The summed E-state index contributed by atoms with van der Waals surface area (Å²) in [6.07, 6.45) is 0. The molecular weight excluding hydrogens is 265 g/mol. The zero-order chi connectivity index (χ0) is 13.4. The van der Waals surface area contributed by atoms with Gasteiger partial charge in [-0.1, -0.05) is 29.8 Å². The van der Waals surface area contributed by atoms with Gasteiger partial charge >= 0.3 is 0 Å². The lowest BCUT2D eigenvalue weighted by atomic mass is 10.0. The highest BCUT2D eigenvalue weighted by atomic mass is 35.5. The predicted octanol–water partition coefficient (Wildman–Crippen LogP) is 4.35. The van der Waals surface area contributed by atoms with E-state index in [-0.39, 0.29) is 5.82 Å². The van der Waals surface area contributed by atoms with Crippen molar-refractivity contribution >= 4 is 22.6 Å². The standard InChI is InChI=1S/C15H11ClFNO/c16-13-3-1-2-9-6-14(19-15(9)13)12-7-11(17)5-4-10(12)8-18/h1-7H,8,18H2. The summed E-state index contributed by atoms with van der Waals surface area (Å²) >= 11 is 6.07. The van der Waals surface area contributed by atoms with Crippen molar-refractivity contribution in [3.8, 4) is 11.3 Å². The van der Waals surface area contributed by atoms with Gasteiger partial charge in [-0.05, 0) is 29.8 Å². The average Bonchev–Trinajstić information content (AvgIpc) is 2.84. The van der Waals surface area contributed by atoms with E-state index in [0.29, 0.717) is 28.5 Å². The normalized spacial score (nSPS) is 11.1. The lowest BCUT2D eigenvalue weighted by Crippen LogP contribution is -1.98. The molecule has 0 aliphatic carbocycles. The summed E-state index contributed by atoms with van der Waals surface area (Å²) in [5, 5.41) is 1.42. The van der Waals surface area contributed by atoms with Gasteiger partial charge in [-0.15, -0.1) is 0 Å². The topological polar surface area (TPSA) is 39.2 Å². The Bertz CT molecular complexity index is 751. The van der Waals surface area contributed by atoms with E-state index in [9.17, 15) is 4.39 Å². The monoisotopic (exact) mass is 275 g/mol. The van der Waals surface area contributed by atoms with Gasteiger partial charge in [0.1, 0.15) is 11.6 Å². The quantitative estimate of drug-likeness (QED) is 0.755. The number of fused-ring (bicyclic) bond motifs is 1. The van der Waals surface area contributed by atoms with Crippen LogP contribution in [0, 0.1) is 5.82 Å². The molecule has 0 aliphatic rings. The van der Waals surface area contributed by atoms with Gasteiger partial charge in [0.25, 0.3) is 0 Å². The maximum absolute atomic E-state index is 13.4. The first-order valence-electron chi connectivity index (χ1n) is 5.86. The molecule has 2 N–H and O–H groups in total. The Balaban J connectivity index is 2.24. The molecule has 0 aliphatic heterocycles. The van der Waals surface area contributed by atoms with E-state index in [1.54, 1.807) is 12.1 Å². The lowest BCUT2D eigenvalue weighted by Gasteiger charge is -2.04. The maximum Gasteiger partial charge on any atom is 0.153 e. The maximum atomic E-state index is 13.4. The molecule has 0 unspecified atom stereocenters. The van der Waals surface area contributed by atoms with Gasteiger partial charge in [-0.25, -0.2) is 4.39 Å². The van der Waals surface area contributed by atoms with E-state index in [4.69, 9.17) is 21.8 Å². The van der Waals surface area contributed by atoms with Crippen molar-refractivity contribution in [2.75, 3.05) is 0 Å². The van der Waals surface area contributed by atoms with Crippen molar-refractivity contribution in [3.63, 3.8) is 0 Å². The minimum absolute atomic E-state index is 0.320. The van der Waals surface area contributed by atoms with Crippen LogP contribution in [0.5, 0.6) is 0 Å². The SMILES string of the molecule is NCc1ccc(F)cc1-c1cc2cccc(Cl)c2o1. The Kier molecular flexibility index (Phi) is 3.01. The second-order valence-corrected chi connectivity index (χ2v) is 4.68. The second-order valence-electron chi connectivity index (χ2n) is 4.27. The largest absolute Gasteiger partial charge is 0.455 e. The van der Waals surface area contributed by atoms with Crippen LogP contribution in [0.1, 0.15) is 5.56 Å². The smallest absolute Gasteiger partial charge is 0.153 e. The number of hydrogen-bond donors (Lipinski definition) is 1. The first-order valence-corrected chi connectivity index (χ1v) is 6.24. The van der Waals surface area contributed by atoms with Crippen molar-refractivity contribution < 1.29 is 8.81 Å². The van der Waals surface area contributed by atoms with Crippen molar-refractivity contribution in [2.24, 2.45) is 5.73 Å². The number of rotatable bonds is 2.